The number of benzene rings is 2. The van der Waals surface area contributed by atoms with Gasteiger partial charge in [0, 0.05) is 24.3 Å². The normalized spacial score (nSPS) is 9.36. The first-order valence-corrected chi connectivity index (χ1v) is 8.96. The summed E-state index contributed by atoms with van der Waals surface area (Å²) < 4.78 is 19.9. The molecule has 0 bridgehead atoms. The largest absolute Gasteiger partial charge is 0.497 e. The van der Waals surface area contributed by atoms with Crippen LogP contribution in [0, 0.1) is 0 Å². The second kappa shape index (κ2) is 16.5. The van der Waals surface area contributed by atoms with Crippen molar-refractivity contribution in [2.24, 2.45) is 0 Å². The third kappa shape index (κ3) is 11.8. The van der Waals surface area contributed by atoms with Crippen LogP contribution in [-0.4, -0.2) is 46.3 Å². The molecule has 0 radical (unpaired) electrons. The first kappa shape index (κ1) is 25.3. The monoisotopic (exact) mass is 390 g/mol. The van der Waals surface area contributed by atoms with Crippen LogP contribution in [0.15, 0.2) is 48.5 Å². The summed E-state index contributed by atoms with van der Waals surface area (Å²) in [5.74, 6) is 1.54. The van der Waals surface area contributed by atoms with Crippen LogP contribution in [0.25, 0.3) is 0 Å². The fraction of sp³-hybridized carbons (Fsp3) is 0.364. The molecule has 0 aliphatic carbocycles. The van der Waals surface area contributed by atoms with E-state index in [1.165, 1.54) is 0 Å². The Morgan fingerprint density at radius 3 is 1.25 bits per heavy atom. The molecule has 6 nitrogen and oxygen atoms in total. The minimum atomic E-state index is -0.0370. The van der Waals surface area contributed by atoms with Crippen LogP contribution in [0.3, 0.4) is 0 Å². The van der Waals surface area contributed by atoms with Crippen molar-refractivity contribution in [1.29, 1.82) is 0 Å². The quantitative estimate of drug-likeness (QED) is 0.491. The highest BCUT2D eigenvalue weighted by atomic mass is 16.7. The molecule has 6 heteroatoms. The summed E-state index contributed by atoms with van der Waals surface area (Å²) in [4.78, 5) is 20.3. The molecule has 0 aliphatic rings. The van der Waals surface area contributed by atoms with E-state index in [4.69, 9.17) is 18.9 Å². The average molecular weight is 390 g/mol. The number of rotatable bonds is 8. The van der Waals surface area contributed by atoms with Crippen molar-refractivity contribution >= 4 is 12.6 Å². The minimum Gasteiger partial charge on any atom is -0.497 e. The highest BCUT2D eigenvalue weighted by Gasteiger charge is 1.95. The molecule has 0 spiro atoms. The van der Waals surface area contributed by atoms with E-state index in [1.807, 2.05) is 20.8 Å². The molecule has 0 heterocycles. The van der Waals surface area contributed by atoms with Crippen LogP contribution in [0.4, 0.5) is 0 Å². The lowest BCUT2D eigenvalue weighted by atomic mass is 10.2. The molecule has 0 aromatic heterocycles. The highest BCUT2D eigenvalue weighted by Crippen LogP contribution is 2.09. The van der Waals surface area contributed by atoms with E-state index in [0.29, 0.717) is 11.1 Å². The van der Waals surface area contributed by atoms with Crippen molar-refractivity contribution in [3.05, 3.63) is 59.7 Å². The van der Waals surface area contributed by atoms with Gasteiger partial charge >= 0.3 is 0 Å². The van der Waals surface area contributed by atoms with Gasteiger partial charge in [-0.05, 0) is 69.3 Å². The van der Waals surface area contributed by atoms with Gasteiger partial charge in [0.1, 0.15) is 24.1 Å². The molecule has 0 unspecified atom stereocenters. The molecule has 28 heavy (non-hydrogen) atoms. The molecular formula is C22H30O6. The van der Waals surface area contributed by atoms with Gasteiger partial charge in [-0.15, -0.1) is 0 Å². The van der Waals surface area contributed by atoms with Crippen LogP contribution < -0.4 is 9.47 Å². The van der Waals surface area contributed by atoms with Gasteiger partial charge in [-0.3, -0.25) is 9.59 Å². The van der Waals surface area contributed by atoms with Gasteiger partial charge < -0.3 is 18.9 Å². The Labute approximate surface area is 167 Å². The van der Waals surface area contributed by atoms with Crippen LogP contribution in [-0.2, 0) is 9.47 Å². The number of methoxy groups -OCH3 is 2. The van der Waals surface area contributed by atoms with E-state index in [-0.39, 0.29) is 6.29 Å². The van der Waals surface area contributed by atoms with Crippen molar-refractivity contribution < 1.29 is 28.5 Å². The highest BCUT2D eigenvalue weighted by molar-refractivity contribution is 5.75. The fourth-order valence-corrected chi connectivity index (χ4v) is 1.88. The number of hydrogen-bond donors (Lipinski definition) is 0. The fourth-order valence-electron chi connectivity index (χ4n) is 1.88. The summed E-state index contributed by atoms with van der Waals surface area (Å²) in [6.45, 7) is 7.25. The van der Waals surface area contributed by atoms with E-state index in [2.05, 4.69) is 0 Å². The average Bonchev–Trinajstić information content (AvgIpc) is 2.75. The topological polar surface area (TPSA) is 71.1 Å². The lowest BCUT2D eigenvalue weighted by molar-refractivity contribution is -0.123. The second-order valence-corrected chi connectivity index (χ2v) is 5.26. The summed E-state index contributed by atoms with van der Waals surface area (Å²) in [7, 11) is 3.19. The predicted molar refractivity (Wildman–Crippen MR) is 109 cm³/mol. The summed E-state index contributed by atoms with van der Waals surface area (Å²) in [5.41, 5.74) is 1.33. The maximum atomic E-state index is 10.2. The summed E-state index contributed by atoms with van der Waals surface area (Å²) in [6.07, 6.45) is 1.57. The van der Waals surface area contributed by atoms with Gasteiger partial charge in [0.15, 0.2) is 6.29 Å². The molecule has 0 saturated heterocycles. The van der Waals surface area contributed by atoms with Crippen molar-refractivity contribution in [3.63, 3.8) is 0 Å². The zero-order valence-corrected chi connectivity index (χ0v) is 17.2. The molecule has 0 N–H and O–H groups in total. The molecular weight excluding hydrogens is 360 g/mol. The standard InChI is InChI=1S/2C8H8O2.C6H14O2/c2*1-10-8-4-2-7(6-9)3-5-8;1-4-7-6(3)8-5-2/h2*2-6H,1H3;6H,4-5H2,1-3H3. The van der Waals surface area contributed by atoms with Crippen molar-refractivity contribution in [1.82, 2.24) is 0 Å². The first-order valence-electron chi connectivity index (χ1n) is 8.96. The van der Waals surface area contributed by atoms with Gasteiger partial charge in [0.2, 0.25) is 0 Å². The molecule has 2 aromatic carbocycles. The number of hydrogen-bond acceptors (Lipinski definition) is 6. The van der Waals surface area contributed by atoms with Gasteiger partial charge in [0.05, 0.1) is 14.2 Å². The molecule has 0 fully saturated rings. The lowest BCUT2D eigenvalue weighted by Crippen LogP contribution is -2.11. The summed E-state index contributed by atoms with van der Waals surface area (Å²) >= 11 is 0. The predicted octanol–water partition coefficient (Wildman–Crippen LogP) is 4.42. The van der Waals surface area contributed by atoms with Gasteiger partial charge in [0.25, 0.3) is 0 Å². The summed E-state index contributed by atoms with van der Waals surface area (Å²) in [5, 5.41) is 0. The Kier molecular flexibility index (Phi) is 14.9. The Balaban J connectivity index is 0.000000394. The SMILES string of the molecule is CCOC(C)OCC.COc1ccc(C=O)cc1.COc1ccc(C=O)cc1. The van der Waals surface area contributed by atoms with Gasteiger partial charge in [-0.25, -0.2) is 0 Å². The zero-order chi connectivity index (χ0) is 21.2. The molecule has 0 atom stereocenters. The Morgan fingerprint density at radius 2 is 1.04 bits per heavy atom. The number of ether oxygens (including phenoxy) is 4. The second-order valence-electron chi connectivity index (χ2n) is 5.26. The number of carbonyl (C=O) groups excluding carboxylic acids is 2. The van der Waals surface area contributed by atoms with Crippen molar-refractivity contribution in [2.75, 3.05) is 27.4 Å². The maximum Gasteiger partial charge on any atom is 0.154 e. The van der Waals surface area contributed by atoms with Crippen LogP contribution in [0.1, 0.15) is 41.5 Å². The van der Waals surface area contributed by atoms with Gasteiger partial charge in [-0.1, -0.05) is 0 Å². The molecule has 0 saturated carbocycles. The Morgan fingerprint density at radius 1 is 0.714 bits per heavy atom. The smallest absolute Gasteiger partial charge is 0.154 e. The maximum absolute atomic E-state index is 10.2. The first-order chi connectivity index (χ1) is 13.5. The Hall–Kier alpha value is -2.70. The van der Waals surface area contributed by atoms with E-state index < -0.39 is 0 Å². The third-order valence-electron chi connectivity index (χ3n) is 3.31. The Bertz CT molecular complexity index is 580. The van der Waals surface area contributed by atoms with Crippen molar-refractivity contribution in [2.45, 2.75) is 27.1 Å². The van der Waals surface area contributed by atoms with Crippen LogP contribution in [0.5, 0.6) is 11.5 Å². The van der Waals surface area contributed by atoms with E-state index >= 15 is 0 Å². The zero-order valence-electron chi connectivity index (χ0n) is 17.2. The van der Waals surface area contributed by atoms with Gasteiger partial charge in [-0.2, -0.15) is 0 Å². The van der Waals surface area contributed by atoms with Crippen molar-refractivity contribution in [3.8, 4) is 11.5 Å². The molecule has 2 rings (SSSR count). The third-order valence-corrected chi connectivity index (χ3v) is 3.31. The lowest BCUT2D eigenvalue weighted by Gasteiger charge is -2.09. The number of carbonyl (C=O) groups is 2. The summed E-state index contributed by atoms with van der Waals surface area (Å²) in [6, 6.07) is 13.9. The van der Waals surface area contributed by atoms with E-state index in [1.54, 1.807) is 62.8 Å². The molecule has 154 valence electrons. The molecule has 0 aliphatic heterocycles. The molecule has 0 amide bonds. The number of aldehydes is 2. The van der Waals surface area contributed by atoms with E-state index in [0.717, 1.165) is 37.3 Å². The van der Waals surface area contributed by atoms with E-state index in [9.17, 15) is 9.59 Å². The van der Waals surface area contributed by atoms with Crippen LogP contribution >= 0.6 is 0 Å². The molecule has 2 aromatic rings. The minimum absolute atomic E-state index is 0.0370. The van der Waals surface area contributed by atoms with Crippen LogP contribution in [0.2, 0.25) is 0 Å².